The summed E-state index contributed by atoms with van der Waals surface area (Å²) in [5, 5.41) is 21.4. The van der Waals surface area contributed by atoms with Crippen LogP contribution in [0.2, 0.25) is 0 Å². The van der Waals surface area contributed by atoms with Crippen molar-refractivity contribution in [2.45, 2.75) is 18.9 Å². The molecular weight excluding hydrogens is 450 g/mol. The molecule has 0 amide bonds. The Morgan fingerprint density at radius 1 is 0.914 bits per heavy atom. The van der Waals surface area contributed by atoms with Gasteiger partial charge in [-0.2, -0.15) is 0 Å². The largest absolute Gasteiger partial charge is 0.493 e. The van der Waals surface area contributed by atoms with Gasteiger partial charge >= 0.3 is 0 Å². The second kappa shape index (κ2) is 14.0. The first-order chi connectivity index (χ1) is 17.1. The molecule has 0 saturated heterocycles. The number of nitrogens with one attached hydrogen (secondary N) is 2. The van der Waals surface area contributed by atoms with E-state index in [4.69, 9.17) is 24.8 Å². The van der Waals surface area contributed by atoms with E-state index in [1.54, 1.807) is 26.4 Å². The quantitative estimate of drug-likeness (QED) is 0.144. The minimum Gasteiger partial charge on any atom is -0.493 e. The molecule has 0 bridgehead atoms. The van der Waals surface area contributed by atoms with Crippen LogP contribution in [0, 0.1) is 0 Å². The number of hydrogen-bond acceptors (Lipinski definition) is 10. The van der Waals surface area contributed by atoms with Crippen molar-refractivity contribution < 1.29 is 24.1 Å². The number of aliphatic hydroxyl groups is 1. The van der Waals surface area contributed by atoms with E-state index < -0.39 is 6.10 Å². The van der Waals surface area contributed by atoms with E-state index in [1.807, 2.05) is 42.5 Å². The lowest BCUT2D eigenvalue weighted by atomic mass is 10.1. The van der Waals surface area contributed by atoms with Crippen LogP contribution in [0.25, 0.3) is 0 Å². The van der Waals surface area contributed by atoms with Crippen LogP contribution in [0.15, 0.2) is 54.6 Å². The number of hydrogen-bond donors (Lipinski definition) is 4. The molecule has 3 rings (SSSR count). The molecule has 0 radical (unpaired) electrons. The molecular formula is C25H33N5O5. The lowest BCUT2D eigenvalue weighted by Gasteiger charge is -2.16. The predicted molar refractivity (Wildman–Crippen MR) is 133 cm³/mol. The van der Waals surface area contributed by atoms with Crippen LogP contribution in [-0.2, 0) is 12.8 Å². The molecule has 1 aromatic heterocycles. The van der Waals surface area contributed by atoms with Crippen LogP contribution >= 0.6 is 0 Å². The Bertz CT molecular complexity index is 1040. The third kappa shape index (κ3) is 8.29. The van der Waals surface area contributed by atoms with Crippen molar-refractivity contribution in [2.75, 3.05) is 45.9 Å². The van der Waals surface area contributed by atoms with Gasteiger partial charge < -0.3 is 34.8 Å². The molecule has 5 N–H and O–H groups in total. The molecule has 1 heterocycles. The third-order valence-electron chi connectivity index (χ3n) is 5.23. The standard InChI is InChI=1S/C25H33N5O5/c1-32-22-8-7-18(15-23(22)33-2)11-13-27-16-20(31)17-35-21-6-4-3-5-19(21)12-14-34-25-10-9-24(28-26)29-30-25/h3-10,15,20,27,31H,11-14,16-17,26H2,1-2H3,(H,28,29). The number of para-hydroxylation sites is 1. The number of methoxy groups -OCH3 is 2. The Morgan fingerprint density at radius 3 is 2.49 bits per heavy atom. The minimum atomic E-state index is -0.644. The SMILES string of the molecule is COc1ccc(CCNCC(O)COc2ccccc2CCOc2ccc(NN)nn2)cc1OC. The highest BCUT2D eigenvalue weighted by atomic mass is 16.5. The van der Waals surface area contributed by atoms with E-state index in [1.165, 1.54) is 0 Å². The summed E-state index contributed by atoms with van der Waals surface area (Å²) in [5.41, 5.74) is 4.52. The number of ether oxygens (including phenoxy) is 4. The third-order valence-corrected chi connectivity index (χ3v) is 5.23. The van der Waals surface area contributed by atoms with E-state index in [2.05, 4.69) is 20.9 Å². The molecule has 0 aliphatic rings. The number of hydrazine groups is 1. The van der Waals surface area contributed by atoms with Crippen molar-refractivity contribution in [3.63, 3.8) is 0 Å². The number of rotatable bonds is 15. The zero-order chi connectivity index (χ0) is 24.9. The topological polar surface area (TPSA) is 133 Å². The Morgan fingerprint density at radius 2 is 1.74 bits per heavy atom. The summed E-state index contributed by atoms with van der Waals surface area (Å²) in [6.07, 6.45) is 0.774. The monoisotopic (exact) mass is 483 g/mol. The highest BCUT2D eigenvalue weighted by Gasteiger charge is 2.09. The first kappa shape index (κ1) is 26.0. The predicted octanol–water partition coefficient (Wildman–Crippen LogP) is 1.97. The van der Waals surface area contributed by atoms with Gasteiger partial charge in [0.2, 0.25) is 5.88 Å². The summed E-state index contributed by atoms with van der Waals surface area (Å²) in [6.45, 7) is 1.72. The van der Waals surface area contributed by atoms with Crippen molar-refractivity contribution in [3.05, 3.63) is 65.7 Å². The fourth-order valence-electron chi connectivity index (χ4n) is 3.37. The highest BCUT2D eigenvalue weighted by Crippen LogP contribution is 2.27. The minimum absolute atomic E-state index is 0.181. The molecule has 188 valence electrons. The molecule has 0 spiro atoms. The highest BCUT2D eigenvalue weighted by molar-refractivity contribution is 5.43. The normalized spacial score (nSPS) is 11.5. The lowest BCUT2D eigenvalue weighted by Crippen LogP contribution is -2.32. The van der Waals surface area contributed by atoms with Crippen molar-refractivity contribution in [3.8, 4) is 23.1 Å². The second-order valence-corrected chi connectivity index (χ2v) is 7.72. The van der Waals surface area contributed by atoms with Crippen LogP contribution < -0.4 is 35.5 Å². The van der Waals surface area contributed by atoms with Crippen LogP contribution in [-0.4, -0.2) is 61.9 Å². The van der Waals surface area contributed by atoms with Crippen molar-refractivity contribution >= 4 is 5.82 Å². The fraction of sp³-hybridized carbons (Fsp3) is 0.360. The lowest BCUT2D eigenvalue weighted by molar-refractivity contribution is 0.106. The average Bonchev–Trinajstić information content (AvgIpc) is 2.90. The Hall–Kier alpha value is -3.60. The summed E-state index contributed by atoms with van der Waals surface area (Å²) in [6, 6.07) is 16.9. The molecule has 0 fully saturated rings. The molecule has 3 aromatic rings. The molecule has 0 saturated carbocycles. The van der Waals surface area contributed by atoms with Crippen molar-refractivity contribution in [2.24, 2.45) is 5.84 Å². The van der Waals surface area contributed by atoms with E-state index in [9.17, 15) is 5.11 Å². The average molecular weight is 484 g/mol. The number of nitrogens with zero attached hydrogens (tertiary/aromatic N) is 2. The molecule has 1 unspecified atom stereocenters. The summed E-state index contributed by atoms with van der Waals surface area (Å²) < 4.78 is 22.1. The summed E-state index contributed by atoms with van der Waals surface area (Å²) in [5.74, 6) is 8.29. The zero-order valence-electron chi connectivity index (χ0n) is 20.1. The number of anilines is 1. The first-order valence-corrected chi connectivity index (χ1v) is 11.4. The zero-order valence-corrected chi connectivity index (χ0v) is 20.1. The number of nitrogens with two attached hydrogens (primary N) is 1. The van der Waals surface area contributed by atoms with Gasteiger partial charge in [0.25, 0.3) is 0 Å². The van der Waals surface area contributed by atoms with Gasteiger partial charge in [-0.1, -0.05) is 24.3 Å². The van der Waals surface area contributed by atoms with Gasteiger partial charge in [-0.3, -0.25) is 0 Å². The molecule has 35 heavy (non-hydrogen) atoms. The van der Waals surface area contributed by atoms with E-state index in [0.717, 1.165) is 17.5 Å². The molecule has 2 aromatic carbocycles. The fourth-order valence-corrected chi connectivity index (χ4v) is 3.37. The van der Waals surface area contributed by atoms with Crippen LogP contribution in [0.1, 0.15) is 11.1 Å². The molecule has 0 aliphatic heterocycles. The second-order valence-electron chi connectivity index (χ2n) is 7.72. The van der Waals surface area contributed by atoms with Crippen molar-refractivity contribution in [1.82, 2.24) is 15.5 Å². The number of nitrogen functional groups attached to an aromatic ring is 1. The van der Waals surface area contributed by atoms with Gasteiger partial charge in [0, 0.05) is 19.0 Å². The Kier molecular flexibility index (Phi) is 10.4. The van der Waals surface area contributed by atoms with Gasteiger partial charge in [-0.15, -0.1) is 10.2 Å². The molecule has 1 atom stereocenters. The molecule has 10 heteroatoms. The Labute approximate surface area is 205 Å². The van der Waals surface area contributed by atoms with E-state index in [0.29, 0.717) is 55.1 Å². The number of aliphatic hydroxyl groups excluding tert-OH is 1. The van der Waals surface area contributed by atoms with Crippen LogP contribution in [0.5, 0.6) is 23.1 Å². The van der Waals surface area contributed by atoms with E-state index >= 15 is 0 Å². The van der Waals surface area contributed by atoms with Crippen molar-refractivity contribution in [1.29, 1.82) is 0 Å². The van der Waals surface area contributed by atoms with Gasteiger partial charge in [0.15, 0.2) is 17.3 Å². The van der Waals surface area contributed by atoms with Gasteiger partial charge in [-0.05, 0) is 48.4 Å². The summed E-state index contributed by atoms with van der Waals surface area (Å²) in [4.78, 5) is 0. The smallest absolute Gasteiger partial charge is 0.233 e. The van der Waals surface area contributed by atoms with Crippen LogP contribution in [0.4, 0.5) is 5.82 Å². The van der Waals surface area contributed by atoms with Gasteiger partial charge in [-0.25, -0.2) is 5.84 Å². The molecule has 0 aliphatic carbocycles. The molecule has 10 nitrogen and oxygen atoms in total. The summed E-state index contributed by atoms with van der Waals surface area (Å²) in [7, 11) is 3.24. The first-order valence-electron chi connectivity index (χ1n) is 11.4. The Balaban J connectivity index is 1.38. The number of benzene rings is 2. The van der Waals surface area contributed by atoms with Crippen LogP contribution in [0.3, 0.4) is 0 Å². The summed E-state index contributed by atoms with van der Waals surface area (Å²) >= 11 is 0. The maximum Gasteiger partial charge on any atom is 0.233 e. The van der Waals surface area contributed by atoms with E-state index in [-0.39, 0.29) is 6.61 Å². The van der Waals surface area contributed by atoms with Gasteiger partial charge in [0.05, 0.1) is 20.8 Å². The maximum absolute atomic E-state index is 10.3. The van der Waals surface area contributed by atoms with Gasteiger partial charge in [0.1, 0.15) is 18.5 Å². The maximum atomic E-state index is 10.3. The number of aromatic nitrogens is 2.